The molecule has 1 aromatic carbocycles. The number of anilines is 2. The Labute approximate surface area is 183 Å². The number of likely N-dealkylation sites (N-methyl/N-ethyl adjacent to an activating group) is 1. The highest BCUT2D eigenvalue weighted by Gasteiger charge is 2.34. The van der Waals surface area contributed by atoms with Gasteiger partial charge in [0.2, 0.25) is 0 Å². The van der Waals surface area contributed by atoms with E-state index in [4.69, 9.17) is 4.74 Å². The summed E-state index contributed by atoms with van der Waals surface area (Å²) in [6.45, 7) is 2.78. The molecule has 31 heavy (non-hydrogen) atoms. The van der Waals surface area contributed by atoms with Crippen molar-refractivity contribution in [3.8, 4) is 5.75 Å². The van der Waals surface area contributed by atoms with Gasteiger partial charge < -0.3 is 30.3 Å². The van der Waals surface area contributed by atoms with Crippen LogP contribution in [0.2, 0.25) is 0 Å². The number of aliphatic hydroxyl groups is 1. The molecular formula is C22H32N6O3. The number of carbonyl (C=O) groups excluding carboxylic acids is 1. The number of β-amino-alcohol motifs (C(OH)–C–C–N with tert-alkyl or cyclic N) is 1. The first-order chi connectivity index (χ1) is 14.9. The number of ether oxygens (including phenoxy) is 1. The largest absolute Gasteiger partial charge is 0.492 e. The number of amides is 1. The van der Waals surface area contributed by atoms with Gasteiger partial charge in [0.15, 0.2) is 0 Å². The van der Waals surface area contributed by atoms with Crippen LogP contribution < -0.4 is 20.3 Å². The third-order valence-corrected chi connectivity index (χ3v) is 5.29. The summed E-state index contributed by atoms with van der Waals surface area (Å²) in [5.74, 6) is 1.99. The molecule has 168 valence electrons. The third-order valence-electron chi connectivity index (χ3n) is 5.29. The van der Waals surface area contributed by atoms with Gasteiger partial charge in [-0.1, -0.05) is 0 Å². The number of hydrogen-bond donors (Lipinski definition) is 3. The summed E-state index contributed by atoms with van der Waals surface area (Å²) in [7, 11) is 5.78. The number of rotatable bonds is 9. The van der Waals surface area contributed by atoms with E-state index in [0.717, 1.165) is 36.9 Å². The molecule has 1 atom stereocenters. The summed E-state index contributed by atoms with van der Waals surface area (Å²) >= 11 is 0. The normalized spacial score (nSPS) is 18.7. The van der Waals surface area contributed by atoms with Crippen LogP contribution in [0.5, 0.6) is 5.75 Å². The van der Waals surface area contributed by atoms with E-state index in [-0.39, 0.29) is 12.5 Å². The quantitative estimate of drug-likeness (QED) is 0.548. The van der Waals surface area contributed by atoms with E-state index in [1.54, 1.807) is 31.3 Å². The number of benzene rings is 1. The lowest BCUT2D eigenvalue weighted by Gasteiger charge is -2.39. The molecule has 0 saturated carbocycles. The number of aromatic nitrogens is 2. The second-order valence-electron chi connectivity index (χ2n) is 8.12. The molecular weight excluding hydrogens is 396 g/mol. The van der Waals surface area contributed by atoms with Crippen molar-refractivity contribution in [2.75, 3.05) is 64.1 Å². The summed E-state index contributed by atoms with van der Waals surface area (Å²) in [6, 6.07) is 8.90. The van der Waals surface area contributed by atoms with Crippen molar-refractivity contribution in [2.24, 2.45) is 0 Å². The molecule has 0 unspecified atom stereocenters. The van der Waals surface area contributed by atoms with Gasteiger partial charge in [-0.2, -0.15) is 0 Å². The molecule has 0 radical (unpaired) electrons. The Balaban J connectivity index is 1.53. The van der Waals surface area contributed by atoms with Crippen molar-refractivity contribution in [2.45, 2.75) is 18.4 Å². The highest BCUT2D eigenvalue weighted by Crippen LogP contribution is 2.25. The Morgan fingerprint density at radius 3 is 2.77 bits per heavy atom. The van der Waals surface area contributed by atoms with Gasteiger partial charge in [-0.25, -0.2) is 9.97 Å². The lowest BCUT2D eigenvalue weighted by atomic mass is 9.92. The first-order valence-electron chi connectivity index (χ1n) is 10.5. The zero-order valence-electron chi connectivity index (χ0n) is 18.5. The summed E-state index contributed by atoms with van der Waals surface area (Å²) in [5.41, 5.74) is -0.487. The van der Waals surface area contributed by atoms with E-state index in [1.165, 1.54) is 6.33 Å². The van der Waals surface area contributed by atoms with E-state index in [1.807, 2.05) is 30.0 Å². The molecule has 1 fully saturated rings. The summed E-state index contributed by atoms with van der Waals surface area (Å²) in [6.07, 6.45) is 2.93. The predicted molar refractivity (Wildman–Crippen MR) is 121 cm³/mol. The fourth-order valence-electron chi connectivity index (χ4n) is 3.50. The van der Waals surface area contributed by atoms with Gasteiger partial charge in [0, 0.05) is 44.9 Å². The van der Waals surface area contributed by atoms with Crippen LogP contribution in [0.1, 0.15) is 23.2 Å². The standard InChI is InChI=1S/C22H32N6O3/c1-23-19-13-20(26-16-25-19)28-10-4-9-22(30,15-28)14-24-21(29)17-5-7-18(8-6-17)31-12-11-27(2)3/h5-8,13,16,30H,4,9-12,14-15H2,1-3H3,(H,24,29)(H,23,25,26)/t22-/m1/s1. The molecule has 1 amide bonds. The Morgan fingerprint density at radius 1 is 1.29 bits per heavy atom. The average Bonchev–Trinajstić information content (AvgIpc) is 2.78. The van der Waals surface area contributed by atoms with Crippen molar-refractivity contribution >= 4 is 17.5 Å². The molecule has 2 aromatic rings. The first-order valence-corrected chi connectivity index (χ1v) is 10.5. The zero-order chi connectivity index (χ0) is 22.3. The topological polar surface area (TPSA) is 103 Å². The van der Waals surface area contributed by atoms with Gasteiger partial charge in [0.1, 0.15) is 30.3 Å². The van der Waals surface area contributed by atoms with Gasteiger partial charge in [0.25, 0.3) is 5.91 Å². The predicted octanol–water partition coefficient (Wildman–Crippen LogP) is 1.22. The van der Waals surface area contributed by atoms with E-state index in [2.05, 4.69) is 20.6 Å². The molecule has 1 saturated heterocycles. The molecule has 0 spiro atoms. The Morgan fingerprint density at radius 2 is 2.06 bits per heavy atom. The molecule has 9 heteroatoms. The van der Waals surface area contributed by atoms with E-state index >= 15 is 0 Å². The lowest BCUT2D eigenvalue weighted by molar-refractivity contribution is 0.0254. The molecule has 0 bridgehead atoms. The van der Waals surface area contributed by atoms with Crippen molar-refractivity contribution < 1.29 is 14.6 Å². The molecule has 3 N–H and O–H groups in total. The van der Waals surface area contributed by atoms with Crippen LogP contribution in [-0.2, 0) is 0 Å². The lowest BCUT2D eigenvalue weighted by Crippen LogP contribution is -2.54. The van der Waals surface area contributed by atoms with Crippen LogP contribution in [0.15, 0.2) is 36.7 Å². The highest BCUT2D eigenvalue weighted by atomic mass is 16.5. The zero-order valence-corrected chi connectivity index (χ0v) is 18.5. The Hall–Kier alpha value is -2.91. The second kappa shape index (κ2) is 10.4. The third kappa shape index (κ3) is 6.53. The van der Waals surface area contributed by atoms with Gasteiger partial charge in [-0.05, 0) is 51.2 Å². The number of hydrogen-bond acceptors (Lipinski definition) is 8. The van der Waals surface area contributed by atoms with Gasteiger partial charge in [0.05, 0.1) is 5.60 Å². The van der Waals surface area contributed by atoms with Crippen LogP contribution in [0, 0.1) is 0 Å². The maximum atomic E-state index is 12.6. The number of carbonyl (C=O) groups is 1. The van der Waals surface area contributed by atoms with Crippen molar-refractivity contribution in [1.82, 2.24) is 20.2 Å². The Kier molecular flexibility index (Phi) is 7.64. The van der Waals surface area contributed by atoms with Crippen molar-refractivity contribution in [1.29, 1.82) is 0 Å². The molecule has 3 rings (SSSR count). The van der Waals surface area contributed by atoms with Gasteiger partial charge in [-0.3, -0.25) is 4.79 Å². The molecule has 9 nitrogen and oxygen atoms in total. The Bertz CT molecular complexity index is 861. The maximum absolute atomic E-state index is 12.6. The monoisotopic (exact) mass is 428 g/mol. The van der Waals surface area contributed by atoms with Crippen molar-refractivity contribution in [3.63, 3.8) is 0 Å². The maximum Gasteiger partial charge on any atom is 0.251 e. The van der Waals surface area contributed by atoms with Crippen LogP contribution in [0.25, 0.3) is 0 Å². The highest BCUT2D eigenvalue weighted by molar-refractivity contribution is 5.94. The summed E-state index contributed by atoms with van der Waals surface area (Å²) < 4.78 is 5.66. The number of nitrogens with zero attached hydrogens (tertiary/aromatic N) is 4. The minimum Gasteiger partial charge on any atom is -0.492 e. The molecule has 0 aliphatic carbocycles. The van der Waals surface area contributed by atoms with Crippen LogP contribution in [-0.4, -0.2) is 85.4 Å². The fraction of sp³-hybridized carbons (Fsp3) is 0.500. The second-order valence-corrected chi connectivity index (χ2v) is 8.12. The average molecular weight is 429 g/mol. The van der Waals surface area contributed by atoms with E-state index < -0.39 is 5.60 Å². The summed E-state index contributed by atoms with van der Waals surface area (Å²) in [4.78, 5) is 25.1. The molecule has 1 aliphatic rings. The summed E-state index contributed by atoms with van der Waals surface area (Å²) in [5, 5.41) is 16.9. The van der Waals surface area contributed by atoms with E-state index in [9.17, 15) is 9.90 Å². The van der Waals surface area contributed by atoms with Crippen LogP contribution in [0.3, 0.4) is 0 Å². The molecule has 2 heterocycles. The van der Waals surface area contributed by atoms with Crippen LogP contribution >= 0.6 is 0 Å². The SMILES string of the molecule is CNc1cc(N2CCC[C@@](O)(CNC(=O)c3ccc(OCCN(C)C)cc3)C2)ncn1. The van der Waals surface area contributed by atoms with E-state index in [0.29, 0.717) is 25.1 Å². The minimum atomic E-state index is -1.02. The van der Waals surface area contributed by atoms with Gasteiger partial charge >= 0.3 is 0 Å². The smallest absolute Gasteiger partial charge is 0.251 e. The van der Waals surface area contributed by atoms with Crippen molar-refractivity contribution in [3.05, 3.63) is 42.2 Å². The van der Waals surface area contributed by atoms with Gasteiger partial charge in [-0.15, -0.1) is 0 Å². The molecule has 1 aromatic heterocycles. The fourth-order valence-corrected chi connectivity index (χ4v) is 3.50. The number of piperidine rings is 1. The first kappa shape index (κ1) is 22.8. The minimum absolute atomic E-state index is 0.174. The number of nitrogens with one attached hydrogen (secondary N) is 2. The molecule has 1 aliphatic heterocycles. The van der Waals surface area contributed by atoms with Crippen LogP contribution in [0.4, 0.5) is 11.6 Å².